The van der Waals surface area contributed by atoms with Gasteiger partial charge in [-0.25, -0.2) is 0 Å². The molecule has 0 saturated carbocycles. The normalized spacial score (nSPS) is 13.2. The lowest BCUT2D eigenvalue weighted by molar-refractivity contribution is -0.384. The summed E-state index contributed by atoms with van der Waals surface area (Å²) >= 11 is 7.64. The predicted octanol–water partition coefficient (Wildman–Crippen LogP) is 4.03. The maximum Gasteiger partial charge on any atom is 0.270 e. The van der Waals surface area contributed by atoms with Crippen LogP contribution in [-0.2, 0) is 0 Å². The Bertz CT molecular complexity index is 871. The van der Waals surface area contributed by atoms with E-state index in [4.69, 9.17) is 11.6 Å². The molecule has 25 heavy (non-hydrogen) atoms. The van der Waals surface area contributed by atoms with E-state index in [9.17, 15) is 19.7 Å². The topological polar surface area (TPSA) is 80.5 Å². The molecule has 0 radical (unpaired) electrons. The Kier molecular flexibility index (Phi) is 5.06. The van der Waals surface area contributed by atoms with Crippen LogP contribution in [0.25, 0.3) is 0 Å². The summed E-state index contributed by atoms with van der Waals surface area (Å²) in [6.45, 7) is 0.262. The van der Waals surface area contributed by atoms with Crippen molar-refractivity contribution < 1.29 is 14.5 Å². The highest BCUT2D eigenvalue weighted by molar-refractivity contribution is 7.99. The van der Waals surface area contributed by atoms with Crippen molar-refractivity contribution in [1.29, 1.82) is 0 Å². The number of thioether (sulfide) groups is 1. The van der Waals surface area contributed by atoms with Gasteiger partial charge >= 0.3 is 0 Å². The van der Waals surface area contributed by atoms with Crippen LogP contribution in [0.3, 0.4) is 0 Å². The first kappa shape index (κ1) is 17.4. The lowest BCUT2D eigenvalue weighted by Crippen LogP contribution is -2.31. The molecule has 0 aromatic heterocycles. The number of benzene rings is 2. The van der Waals surface area contributed by atoms with E-state index in [0.717, 1.165) is 15.9 Å². The van der Waals surface area contributed by atoms with Gasteiger partial charge in [-0.15, -0.1) is 11.8 Å². The molecule has 3 rings (SSSR count). The number of nitro groups is 1. The molecular weight excluding hydrogens is 364 g/mol. The van der Waals surface area contributed by atoms with Crippen LogP contribution in [0.15, 0.2) is 47.4 Å². The third kappa shape index (κ3) is 3.52. The second-order valence-corrected chi connectivity index (χ2v) is 6.93. The van der Waals surface area contributed by atoms with Crippen molar-refractivity contribution in [1.82, 2.24) is 4.90 Å². The molecule has 1 aliphatic rings. The number of amides is 2. The van der Waals surface area contributed by atoms with E-state index < -0.39 is 16.7 Å². The fraction of sp³-hybridized carbons (Fsp3) is 0.176. The van der Waals surface area contributed by atoms with E-state index in [1.54, 1.807) is 17.8 Å². The van der Waals surface area contributed by atoms with Gasteiger partial charge in [-0.05, 0) is 30.4 Å². The Morgan fingerprint density at radius 1 is 1.08 bits per heavy atom. The number of fused-ring (bicyclic) bond motifs is 1. The minimum atomic E-state index is -0.582. The molecule has 0 bridgehead atoms. The SMILES string of the molecule is O=C1c2ccc([N+](=O)[O-])cc2C(=O)N1CCCSc1ccccc1Cl. The number of nitro benzene ring substituents is 1. The molecule has 2 aromatic rings. The van der Waals surface area contributed by atoms with Crippen LogP contribution >= 0.6 is 23.4 Å². The molecule has 6 nitrogen and oxygen atoms in total. The van der Waals surface area contributed by atoms with Gasteiger partial charge in [-0.3, -0.25) is 24.6 Å². The number of carbonyl (C=O) groups excluding carboxylic acids is 2. The zero-order valence-electron chi connectivity index (χ0n) is 13.0. The summed E-state index contributed by atoms with van der Waals surface area (Å²) < 4.78 is 0. The molecule has 0 N–H and O–H groups in total. The first-order valence-electron chi connectivity index (χ1n) is 7.51. The van der Waals surface area contributed by atoms with Crippen LogP contribution in [0, 0.1) is 10.1 Å². The molecular formula is C17H13ClN2O4S. The smallest absolute Gasteiger partial charge is 0.270 e. The minimum absolute atomic E-state index is 0.0953. The molecule has 0 spiro atoms. The maximum absolute atomic E-state index is 12.4. The van der Waals surface area contributed by atoms with E-state index in [1.165, 1.54) is 12.1 Å². The van der Waals surface area contributed by atoms with E-state index in [-0.39, 0.29) is 23.4 Å². The number of imide groups is 1. The number of nitrogens with zero attached hydrogens (tertiary/aromatic N) is 2. The van der Waals surface area contributed by atoms with Crippen LogP contribution < -0.4 is 0 Å². The molecule has 128 valence electrons. The summed E-state index contributed by atoms with van der Waals surface area (Å²) in [4.78, 5) is 37.0. The first-order chi connectivity index (χ1) is 12.0. The molecule has 1 heterocycles. The van der Waals surface area contributed by atoms with Crippen LogP contribution in [0.2, 0.25) is 5.02 Å². The highest BCUT2D eigenvalue weighted by Gasteiger charge is 2.36. The minimum Gasteiger partial charge on any atom is -0.274 e. The fourth-order valence-electron chi connectivity index (χ4n) is 2.56. The third-order valence-corrected chi connectivity index (χ3v) is 5.39. The van der Waals surface area contributed by atoms with Crippen molar-refractivity contribution in [2.45, 2.75) is 11.3 Å². The Balaban J connectivity index is 1.62. The monoisotopic (exact) mass is 376 g/mol. The van der Waals surface area contributed by atoms with Crippen LogP contribution in [0.5, 0.6) is 0 Å². The molecule has 0 fully saturated rings. The van der Waals surface area contributed by atoms with Crippen molar-refractivity contribution in [2.75, 3.05) is 12.3 Å². The van der Waals surface area contributed by atoms with Gasteiger partial charge in [-0.2, -0.15) is 0 Å². The molecule has 2 aromatic carbocycles. The zero-order chi connectivity index (χ0) is 18.0. The highest BCUT2D eigenvalue weighted by Crippen LogP contribution is 2.29. The number of halogens is 1. The van der Waals surface area contributed by atoms with Crippen molar-refractivity contribution in [3.8, 4) is 0 Å². The molecule has 0 unspecified atom stereocenters. The summed E-state index contributed by atoms with van der Waals surface area (Å²) in [5.41, 5.74) is 0.114. The Morgan fingerprint density at radius 2 is 1.80 bits per heavy atom. The highest BCUT2D eigenvalue weighted by atomic mass is 35.5. The van der Waals surface area contributed by atoms with Crippen molar-refractivity contribution >= 4 is 40.9 Å². The van der Waals surface area contributed by atoms with Crippen molar-refractivity contribution in [2.24, 2.45) is 0 Å². The van der Waals surface area contributed by atoms with Crippen LogP contribution in [0.1, 0.15) is 27.1 Å². The number of hydrogen-bond acceptors (Lipinski definition) is 5. The van der Waals surface area contributed by atoms with Gasteiger partial charge in [0.05, 0.1) is 21.1 Å². The van der Waals surface area contributed by atoms with Gasteiger partial charge in [0.25, 0.3) is 17.5 Å². The van der Waals surface area contributed by atoms with Crippen LogP contribution in [-0.4, -0.2) is 33.9 Å². The van der Waals surface area contributed by atoms with Crippen molar-refractivity contribution in [3.63, 3.8) is 0 Å². The average molecular weight is 377 g/mol. The molecule has 0 saturated heterocycles. The number of rotatable bonds is 6. The Labute approximate surface area is 152 Å². The first-order valence-corrected chi connectivity index (χ1v) is 8.87. The van der Waals surface area contributed by atoms with E-state index in [1.807, 2.05) is 18.2 Å². The molecule has 1 aliphatic heterocycles. The molecule has 2 amide bonds. The quantitative estimate of drug-likeness (QED) is 0.250. The summed E-state index contributed by atoms with van der Waals surface area (Å²) in [5, 5.41) is 11.5. The molecule has 0 aliphatic carbocycles. The molecule has 8 heteroatoms. The lowest BCUT2D eigenvalue weighted by Gasteiger charge is -2.13. The van der Waals surface area contributed by atoms with E-state index >= 15 is 0 Å². The largest absolute Gasteiger partial charge is 0.274 e. The second-order valence-electron chi connectivity index (χ2n) is 5.38. The summed E-state index contributed by atoms with van der Waals surface area (Å²) in [6.07, 6.45) is 0.601. The Hall–Kier alpha value is -2.38. The maximum atomic E-state index is 12.4. The van der Waals surface area contributed by atoms with Gasteiger partial charge in [0, 0.05) is 23.6 Å². The number of non-ortho nitro benzene ring substituents is 1. The fourth-order valence-corrected chi connectivity index (χ4v) is 3.74. The number of hydrogen-bond donors (Lipinski definition) is 0. The van der Waals surface area contributed by atoms with Gasteiger partial charge in [0.15, 0.2) is 0 Å². The number of carbonyl (C=O) groups is 2. The zero-order valence-corrected chi connectivity index (χ0v) is 14.5. The standard InChI is InChI=1S/C17H13ClN2O4S/c18-14-4-1-2-5-15(14)25-9-3-8-19-16(21)12-7-6-11(20(23)24)10-13(12)17(19)22/h1-2,4-7,10H,3,8-9H2. The second kappa shape index (κ2) is 7.25. The lowest BCUT2D eigenvalue weighted by atomic mass is 10.1. The third-order valence-electron chi connectivity index (χ3n) is 3.79. The van der Waals surface area contributed by atoms with Crippen molar-refractivity contribution in [3.05, 3.63) is 68.7 Å². The van der Waals surface area contributed by atoms with Crippen LogP contribution in [0.4, 0.5) is 5.69 Å². The summed E-state index contributed by atoms with van der Waals surface area (Å²) in [5.74, 6) is -0.193. The van der Waals surface area contributed by atoms with E-state index in [0.29, 0.717) is 17.2 Å². The van der Waals surface area contributed by atoms with E-state index in [2.05, 4.69) is 0 Å². The Morgan fingerprint density at radius 3 is 2.52 bits per heavy atom. The summed E-state index contributed by atoms with van der Waals surface area (Å²) in [6, 6.07) is 11.2. The van der Waals surface area contributed by atoms with Gasteiger partial charge < -0.3 is 0 Å². The predicted molar refractivity (Wildman–Crippen MR) is 95.3 cm³/mol. The van der Waals surface area contributed by atoms with Gasteiger partial charge in [0.1, 0.15) is 0 Å². The average Bonchev–Trinajstić information content (AvgIpc) is 2.84. The molecule has 0 atom stereocenters. The summed E-state index contributed by atoms with van der Waals surface area (Å²) in [7, 11) is 0. The van der Waals surface area contributed by atoms with Gasteiger partial charge in [-0.1, -0.05) is 23.7 Å². The van der Waals surface area contributed by atoms with Gasteiger partial charge in [0.2, 0.25) is 0 Å².